The molecule has 0 fully saturated rings. The summed E-state index contributed by atoms with van der Waals surface area (Å²) in [7, 11) is 0. The number of hydrogen-bond acceptors (Lipinski definition) is 1. The Morgan fingerprint density at radius 2 is 1.92 bits per heavy atom. The van der Waals surface area contributed by atoms with Crippen molar-refractivity contribution in [1.29, 1.82) is 0 Å². The minimum absolute atomic E-state index is 0.612. The maximum absolute atomic E-state index is 5.70. The van der Waals surface area contributed by atoms with Crippen LogP contribution in [0.2, 0.25) is 5.02 Å². The first-order valence-corrected chi connectivity index (χ1v) is 4.15. The second-order valence-electron chi connectivity index (χ2n) is 2.35. The molecule has 12 heavy (non-hydrogen) atoms. The van der Waals surface area contributed by atoms with E-state index >= 15 is 0 Å². The smallest absolute Gasteiger partial charge is 0.0406 e. The molecule has 0 heterocycles. The van der Waals surface area contributed by atoms with Gasteiger partial charge in [-0.3, -0.25) is 0 Å². The highest BCUT2D eigenvalue weighted by molar-refractivity contribution is 6.30. The summed E-state index contributed by atoms with van der Waals surface area (Å²) in [5.74, 6) is 5.94. The fourth-order valence-electron chi connectivity index (χ4n) is 0.770. The van der Waals surface area contributed by atoms with Crippen LogP contribution < -0.4 is 5.73 Å². The molecule has 0 aliphatic heterocycles. The highest BCUT2D eigenvalue weighted by Crippen LogP contribution is 2.08. The molecule has 0 saturated heterocycles. The molecule has 0 amide bonds. The normalized spacial score (nSPS) is 8.83. The second-order valence-corrected chi connectivity index (χ2v) is 2.78. The molecule has 0 radical (unpaired) electrons. The largest absolute Gasteiger partial charge is 0.330 e. The summed E-state index contributed by atoms with van der Waals surface area (Å²) in [6.07, 6.45) is 0.739. The van der Waals surface area contributed by atoms with E-state index in [2.05, 4.69) is 11.8 Å². The van der Waals surface area contributed by atoms with Gasteiger partial charge in [-0.25, -0.2) is 0 Å². The van der Waals surface area contributed by atoms with Crippen LogP contribution in [0.5, 0.6) is 0 Å². The molecule has 0 aliphatic carbocycles. The van der Waals surface area contributed by atoms with Gasteiger partial charge in [0.1, 0.15) is 0 Å². The summed E-state index contributed by atoms with van der Waals surface area (Å²) in [6.45, 7) is 0.612. The number of nitrogens with two attached hydrogens (primary N) is 1. The molecule has 1 aromatic rings. The summed E-state index contributed by atoms with van der Waals surface area (Å²) in [6, 6.07) is 7.44. The van der Waals surface area contributed by atoms with Crippen molar-refractivity contribution in [2.45, 2.75) is 6.42 Å². The van der Waals surface area contributed by atoms with Crippen molar-refractivity contribution >= 4 is 11.6 Å². The molecule has 0 unspecified atom stereocenters. The van der Waals surface area contributed by atoms with Crippen LogP contribution in [0.3, 0.4) is 0 Å². The van der Waals surface area contributed by atoms with Gasteiger partial charge >= 0.3 is 0 Å². The Labute approximate surface area is 77.5 Å². The molecule has 2 heteroatoms. The van der Waals surface area contributed by atoms with Gasteiger partial charge in [-0.05, 0) is 24.3 Å². The van der Waals surface area contributed by atoms with E-state index in [0.717, 1.165) is 17.0 Å². The predicted molar refractivity (Wildman–Crippen MR) is 52.0 cm³/mol. The van der Waals surface area contributed by atoms with Crippen LogP contribution >= 0.6 is 11.6 Å². The van der Waals surface area contributed by atoms with Crippen LogP contribution in [-0.2, 0) is 0 Å². The summed E-state index contributed by atoms with van der Waals surface area (Å²) >= 11 is 5.70. The quantitative estimate of drug-likeness (QED) is 0.657. The molecular formula is C10H10ClN. The molecule has 1 aromatic carbocycles. The molecule has 0 spiro atoms. The third kappa shape index (κ3) is 2.96. The standard InChI is InChI=1S/C10H10ClN/c11-10-6-4-9(5-7-10)3-1-2-8-12/h4-7H,2,8,12H2. The van der Waals surface area contributed by atoms with Crippen molar-refractivity contribution in [3.05, 3.63) is 34.9 Å². The Bertz CT molecular complexity index is 292. The molecule has 1 nitrogen and oxygen atoms in total. The molecular weight excluding hydrogens is 170 g/mol. The van der Waals surface area contributed by atoms with E-state index < -0.39 is 0 Å². The van der Waals surface area contributed by atoms with Crippen molar-refractivity contribution in [2.75, 3.05) is 6.54 Å². The van der Waals surface area contributed by atoms with Gasteiger partial charge in [0.2, 0.25) is 0 Å². The zero-order chi connectivity index (χ0) is 8.81. The minimum atomic E-state index is 0.612. The molecule has 0 bridgehead atoms. The SMILES string of the molecule is NCCC#Cc1ccc(Cl)cc1. The van der Waals surface area contributed by atoms with Gasteiger partial charge in [-0.1, -0.05) is 23.4 Å². The summed E-state index contributed by atoms with van der Waals surface area (Å²) in [5, 5.41) is 0.736. The van der Waals surface area contributed by atoms with Gasteiger partial charge in [-0.15, -0.1) is 0 Å². The molecule has 0 aromatic heterocycles. The second kappa shape index (κ2) is 4.82. The van der Waals surface area contributed by atoms with E-state index in [1.807, 2.05) is 24.3 Å². The van der Waals surface area contributed by atoms with Gasteiger partial charge in [0.25, 0.3) is 0 Å². The Kier molecular flexibility index (Phi) is 3.66. The maximum Gasteiger partial charge on any atom is 0.0406 e. The Hall–Kier alpha value is -0.970. The van der Waals surface area contributed by atoms with E-state index in [1.54, 1.807) is 0 Å². The minimum Gasteiger partial charge on any atom is -0.330 e. The van der Waals surface area contributed by atoms with Gasteiger partial charge in [0.05, 0.1) is 0 Å². The third-order valence-corrected chi connectivity index (χ3v) is 1.60. The number of halogens is 1. The van der Waals surface area contributed by atoms with Crippen LogP contribution in [-0.4, -0.2) is 6.54 Å². The zero-order valence-corrected chi connectivity index (χ0v) is 7.43. The third-order valence-electron chi connectivity index (χ3n) is 1.35. The average Bonchev–Trinajstić information content (AvgIpc) is 2.09. The first-order valence-electron chi connectivity index (χ1n) is 3.77. The fraction of sp³-hybridized carbons (Fsp3) is 0.200. The summed E-state index contributed by atoms with van der Waals surface area (Å²) in [5.41, 5.74) is 6.27. The highest BCUT2D eigenvalue weighted by Gasteiger charge is 1.85. The van der Waals surface area contributed by atoms with E-state index in [-0.39, 0.29) is 0 Å². The van der Waals surface area contributed by atoms with Crippen molar-refractivity contribution < 1.29 is 0 Å². The Balaban J connectivity index is 2.66. The molecule has 0 saturated carbocycles. The lowest BCUT2D eigenvalue weighted by Gasteiger charge is -1.89. The Morgan fingerprint density at radius 1 is 1.25 bits per heavy atom. The lowest BCUT2D eigenvalue weighted by atomic mass is 10.2. The first kappa shape index (κ1) is 9.12. The Morgan fingerprint density at radius 3 is 2.50 bits per heavy atom. The van der Waals surface area contributed by atoms with Crippen LogP contribution in [0, 0.1) is 11.8 Å². The van der Waals surface area contributed by atoms with E-state index in [9.17, 15) is 0 Å². The zero-order valence-electron chi connectivity index (χ0n) is 6.68. The topological polar surface area (TPSA) is 26.0 Å². The molecule has 62 valence electrons. The summed E-state index contributed by atoms with van der Waals surface area (Å²) in [4.78, 5) is 0. The van der Waals surface area contributed by atoms with Gasteiger partial charge in [0, 0.05) is 23.6 Å². The number of benzene rings is 1. The van der Waals surface area contributed by atoms with Crippen LogP contribution in [0.1, 0.15) is 12.0 Å². The van der Waals surface area contributed by atoms with Crippen LogP contribution in [0.4, 0.5) is 0 Å². The predicted octanol–water partition coefficient (Wildman–Crippen LogP) is 2.04. The fourth-order valence-corrected chi connectivity index (χ4v) is 0.896. The van der Waals surface area contributed by atoms with E-state index in [4.69, 9.17) is 17.3 Å². The van der Waals surface area contributed by atoms with Crippen molar-refractivity contribution in [3.63, 3.8) is 0 Å². The van der Waals surface area contributed by atoms with Gasteiger partial charge in [0.15, 0.2) is 0 Å². The molecule has 0 aliphatic rings. The lowest BCUT2D eigenvalue weighted by Crippen LogP contribution is -1.95. The number of rotatable bonds is 1. The van der Waals surface area contributed by atoms with Crippen molar-refractivity contribution in [3.8, 4) is 11.8 Å². The molecule has 0 atom stereocenters. The molecule has 2 N–H and O–H groups in total. The highest BCUT2D eigenvalue weighted by atomic mass is 35.5. The maximum atomic E-state index is 5.70. The van der Waals surface area contributed by atoms with Crippen LogP contribution in [0.15, 0.2) is 24.3 Å². The van der Waals surface area contributed by atoms with Crippen LogP contribution in [0.25, 0.3) is 0 Å². The lowest BCUT2D eigenvalue weighted by molar-refractivity contribution is 1.03. The van der Waals surface area contributed by atoms with E-state index in [1.165, 1.54) is 0 Å². The van der Waals surface area contributed by atoms with E-state index in [0.29, 0.717) is 6.54 Å². The van der Waals surface area contributed by atoms with Gasteiger partial charge < -0.3 is 5.73 Å². The monoisotopic (exact) mass is 179 g/mol. The molecule has 1 rings (SSSR count). The van der Waals surface area contributed by atoms with Crippen molar-refractivity contribution in [1.82, 2.24) is 0 Å². The average molecular weight is 180 g/mol. The van der Waals surface area contributed by atoms with Crippen molar-refractivity contribution in [2.24, 2.45) is 5.73 Å². The summed E-state index contributed by atoms with van der Waals surface area (Å²) < 4.78 is 0. The van der Waals surface area contributed by atoms with Gasteiger partial charge in [-0.2, -0.15) is 0 Å². The number of hydrogen-bond donors (Lipinski definition) is 1. The first-order chi connectivity index (χ1) is 5.83.